The summed E-state index contributed by atoms with van der Waals surface area (Å²) in [5, 5.41) is 0. The van der Waals surface area contributed by atoms with Crippen molar-refractivity contribution in [2.75, 3.05) is 45.3 Å². The van der Waals surface area contributed by atoms with Crippen molar-refractivity contribution in [3.63, 3.8) is 0 Å². The first kappa shape index (κ1) is 17.4. The molecule has 1 saturated heterocycles. The Labute approximate surface area is 147 Å². The van der Waals surface area contributed by atoms with Gasteiger partial charge in [-0.15, -0.1) is 0 Å². The van der Waals surface area contributed by atoms with Gasteiger partial charge < -0.3 is 18.8 Å². The van der Waals surface area contributed by atoms with Crippen LogP contribution in [0.5, 0.6) is 5.75 Å². The monoisotopic (exact) mass is 344 g/mol. The van der Waals surface area contributed by atoms with Gasteiger partial charge in [0.05, 0.1) is 20.8 Å². The van der Waals surface area contributed by atoms with Crippen LogP contribution in [0.4, 0.5) is 5.69 Å². The fourth-order valence-corrected chi connectivity index (χ4v) is 3.13. The molecule has 0 aliphatic carbocycles. The molecule has 25 heavy (non-hydrogen) atoms. The summed E-state index contributed by atoms with van der Waals surface area (Å²) in [5.41, 5.74) is 1.69. The van der Waals surface area contributed by atoms with E-state index in [2.05, 4.69) is 21.9 Å². The number of aryl methyl sites for hydroxylation is 1. The van der Waals surface area contributed by atoms with Crippen LogP contribution in [0.3, 0.4) is 0 Å². The normalized spacial score (nSPS) is 15.2. The second-order valence-electron chi connectivity index (χ2n) is 6.14. The van der Waals surface area contributed by atoms with E-state index in [1.54, 1.807) is 20.1 Å². The number of carbonyl (C=O) groups is 1. The van der Waals surface area contributed by atoms with E-state index in [9.17, 15) is 4.79 Å². The number of methoxy groups -OCH3 is 2. The molecule has 2 heterocycles. The van der Waals surface area contributed by atoms with Crippen LogP contribution in [-0.2, 0) is 11.3 Å². The van der Waals surface area contributed by atoms with Gasteiger partial charge in [0.1, 0.15) is 22.8 Å². The molecule has 1 aliphatic rings. The molecular formula is C19H24N2O4. The number of rotatable bonds is 5. The lowest BCUT2D eigenvalue weighted by Gasteiger charge is -2.35. The lowest BCUT2D eigenvalue weighted by Crippen LogP contribution is -2.45. The summed E-state index contributed by atoms with van der Waals surface area (Å²) in [4.78, 5) is 16.4. The second kappa shape index (κ2) is 7.61. The smallest absolute Gasteiger partial charge is 0.341 e. The molecule has 2 aromatic rings. The summed E-state index contributed by atoms with van der Waals surface area (Å²) >= 11 is 0. The van der Waals surface area contributed by atoms with E-state index in [0.29, 0.717) is 17.9 Å². The molecule has 134 valence electrons. The van der Waals surface area contributed by atoms with E-state index in [1.165, 1.54) is 12.8 Å². The summed E-state index contributed by atoms with van der Waals surface area (Å²) in [6, 6.07) is 9.93. The number of nitrogens with zero attached hydrogens (tertiary/aromatic N) is 2. The molecule has 1 aromatic carbocycles. The number of hydrogen-bond donors (Lipinski definition) is 0. The molecule has 6 nitrogen and oxygen atoms in total. The first-order valence-corrected chi connectivity index (χ1v) is 8.39. The molecule has 0 spiro atoms. The molecule has 0 radical (unpaired) electrons. The van der Waals surface area contributed by atoms with Crippen molar-refractivity contribution >= 4 is 11.7 Å². The Kier molecular flexibility index (Phi) is 5.28. The number of carbonyl (C=O) groups excluding carboxylic acids is 1. The molecule has 0 atom stereocenters. The highest BCUT2D eigenvalue weighted by Crippen LogP contribution is 2.23. The zero-order chi connectivity index (χ0) is 17.8. The third-order valence-electron chi connectivity index (χ3n) is 4.54. The van der Waals surface area contributed by atoms with E-state index >= 15 is 0 Å². The maximum atomic E-state index is 11.7. The highest BCUT2D eigenvalue weighted by atomic mass is 16.5. The number of hydrogen-bond acceptors (Lipinski definition) is 6. The quantitative estimate of drug-likeness (QED) is 0.778. The standard InChI is InChI=1S/C19H24N2O4/c1-14-18(19(22)24-3)12-17(25-14)13-20-7-9-21(10-8-20)15-5-4-6-16(11-15)23-2/h4-6,11-12H,7-10,13H2,1-3H3. The summed E-state index contributed by atoms with van der Waals surface area (Å²) in [7, 11) is 3.07. The van der Waals surface area contributed by atoms with Crippen molar-refractivity contribution in [1.82, 2.24) is 4.90 Å². The predicted molar refractivity (Wildman–Crippen MR) is 95.3 cm³/mol. The average molecular weight is 344 g/mol. The van der Waals surface area contributed by atoms with E-state index < -0.39 is 0 Å². The highest BCUT2D eigenvalue weighted by molar-refractivity contribution is 5.90. The number of benzene rings is 1. The topological polar surface area (TPSA) is 55.2 Å². The van der Waals surface area contributed by atoms with Gasteiger partial charge in [0, 0.05) is 37.9 Å². The minimum Gasteiger partial charge on any atom is -0.497 e. The summed E-state index contributed by atoms with van der Waals surface area (Å²) in [5.74, 6) is 1.93. The van der Waals surface area contributed by atoms with E-state index in [1.807, 2.05) is 12.1 Å². The van der Waals surface area contributed by atoms with Gasteiger partial charge in [-0.1, -0.05) is 6.07 Å². The van der Waals surface area contributed by atoms with Gasteiger partial charge in [-0.25, -0.2) is 4.79 Å². The number of esters is 1. The van der Waals surface area contributed by atoms with E-state index in [-0.39, 0.29) is 5.97 Å². The van der Waals surface area contributed by atoms with Gasteiger partial charge in [-0.05, 0) is 25.1 Å². The Balaban J connectivity index is 1.58. The van der Waals surface area contributed by atoms with Gasteiger partial charge >= 0.3 is 5.97 Å². The van der Waals surface area contributed by atoms with Crippen LogP contribution in [0.25, 0.3) is 0 Å². The van der Waals surface area contributed by atoms with E-state index in [4.69, 9.17) is 13.9 Å². The number of ether oxygens (including phenoxy) is 2. The summed E-state index contributed by atoms with van der Waals surface area (Å²) in [6.07, 6.45) is 0. The van der Waals surface area contributed by atoms with Crippen molar-refractivity contribution in [2.24, 2.45) is 0 Å². The van der Waals surface area contributed by atoms with Crippen molar-refractivity contribution in [1.29, 1.82) is 0 Å². The van der Waals surface area contributed by atoms with Gasteiger partial charge in [-0.2, -0.15) is 0 Å². The molecule has 0 saturated carbocycles. The SMILES string of the molecule is COC(=O)c1cc(CN2CCN(c3cccc(OC)c3)CC2)oc1C. The number of furan rings is 1. The molecule has 3 rings (SSSR count). The molecule has 1 fully saturated rings. The fourth-order valence-electron chi connectivity index (χ4n) is 3.13. The zero-order valence-corrected chi connectivity index (χ0v) is 14.9. The maximum absolute atomic E-state index is 11.7. The lowest BCUT2D eigenvalue weighted by atomic mass is 10.2. The molecule has 0 N–H and O–H groups in total. The highest BCUT2D eigenvalue weighted by Gasteiger charge is 2.21. The predicted octanol–water partition coefficient (Wildman–Crippen LogP) is 2.71. The first-order chi connectivity index (χ1) is 12.1. The maximum Gasteiger partial charge on any atom is 0.341 e. The summed E-state index contributed by atoms with van der Waals surface area (Å²) < 4.78 is 15.8. The van der Waals surface area contributed by atoms with Crippen LogP contribution >= 0.6 is 0 Å². The van der Waals surface area contributed by atoms with Crippen LogP contribution in [0.1, 0.15) is 21.9 Å². The fraction of sp³-hybridized carbons (Fsp3) is 0.421. The Morgan fingerprint density at radius 3 is 2.60 bits per heavy atom. The van der Waals surface area contributed by atoms with Crippen molar-refractivity contribution in [3.05, 3.63) is 47.4 Å². The summed E-state index contributed by atoms with van der Waals surface area (Å²) in [6.45, 7) is 6.24. The second-order valence-corrected chi connectivity index (χ2v) is 6.14. The third-order valence-corrected chi connectivity index (χ3v) is 4.54. The molecule has 6 heteroatoms. The van der Waals surface area contributed by atoms with Crippen molar-refractivity contribution in [3.8, 4) is 5.75 Å². The zero-order valence-electron chi connectivity index (χ0n) is 14.9. The van der Waals surface area contributed by atoms with Gasteiger partial charge in [0.25, 0.3) is 0 Å². The Morgan fingerprint density at radius 2 is 1.92 bits per heavy atom. The molecule has 0 unspecified atom stereocenters. The van der Waals surface area contributed by atoms with Crippen LogP contribution in [0.15, 0.2) is 34.7 Å². The van der Waals surface area contributed by atoms with E-state index in [0.717, 1.165) is 37.7 Å². The van der Waals surface area contributed by atoms with Gasteiger partial charge in [0.15, 0.2) is 0 Å². The van der Waals surface area contributed by atoms with Crippen LogP contribution in [0.2, 0.25) is 0 Å². The largest absolute Gasteiger partial charge is 0.497 e. The van der Waals surface area contributed by atoms with Crippen LogP contribution in [0, 0.1) is 6.92 Å². The minimum absolute atomic E-state index is 0.352. The molecule has 1 aliphatic heterocycles. The molecule has 0 amide bonds. The average Bonchev–Trinajstić information content (AvgIpc) is 3.02. The molecular weight excluding hydrogens is 320 g/mol. The minimum atomic E-state index is -0.352. The van der Waals surface area contributed by atoms with Crippen molar-refractivity contribution in [2.45, 2.75) is 13.5 Å². The van der Waals surface area contributed by atoms with Gasteiger partial charge in [0.2, 0.25) is 0 Å². The Morgan fingerprint density at radius 1 is 1.16 bits per heavy atom. The molecule has 0 bridgehead atoms. The van der Waals surface area contributed by atoms with Crippen LogP contribution in [-0.4, -0.2) is 51.3 Å². The Hall–Kier alpha value is -2.47. The number of piperazine rings is 1. The van der Waals surface area contributed by atoms with Crippen LogP contribution < -0.4 is 9.64 Å². The third kappa shape index (κ3) is 3.96. The first-order valence-electron chi connectivity index (χ1n) is 8.39. The lowest BCUT2D eigenvalue weighted by molar-refractivity contribution is 0.0599. The molecule has 1 aromatic heterocycles. The van der Waals surface area contributed by atoms with Crippen molar-refractivity contribution < 1.29 is 18.7 Å². The number of anilines is 1. The van der Waals surface area contributed by atoms with Gasteiger partial charge in [-0.3, -0.25) is 4.90 Å². The Bertz CT molecular complexity index is 733.